The van der Waals surface area contributed by atoms with Gasteiger partial charge in [-0.3, -0.25) is 9.69 Å². The maximum atomic E-state index is 13.2. The second-order valence-electron chi connectivity index (χ2n) is 8.61. The number of H-pyrrole nitrogens is 1. The van der Waals surface area contributed by atoms with E-state index >= 15 is 0 Å². The maximum absolute atomic E-state index is 13.2. The summed E-state index contributed by atoms with van der Waals surface area (Å²) in [4.78, 5) is 18.6. The van der Waals surface area contributed by atoms with Gasteiger partial charge in [0.25, 0.3) is 5.56 Å². The predicted molar refractivity (Wildman–Crippen MR) is 111 cm³/mol. The van der Waals surface area contributed by atoms with E-state index in [0.29, 0.717) is 22.9 Å². The van der Waals surface area contributed by atoms with Crippen LogP contribution in [0.3, 0.4) is 0 Å². The fourth-order valence-corrected chi connectivity index (χ4v) is 4.26. The van der Waals surface area contributed by atoms with Gasteiger partial charge in [0.15, 0.2) is 17.3 Å². The van der Waals surface area contributed by atoms with Gasteiger partial charge in [-0.2, -0.15) is 0 Å². The molecule has 9 heteroatoms. The van der Waals surface area contributed by atoms with E-state index in [1.54, 1.807) is 0 Å². The van der Waals surface area contributed by atoms with Crippen molar-refractivity contribution < 1.29 is 9.47 Å². The molecule has 3 aromatic rings. The van der Waals surface area contributed by atoms with Gasteiger partial charge in [0.1, 0.15) is 6.04 Å². The summed E-state index contributed by atoms with van der Waals surface area (Å²) in [5, 5.41) is 13.6. The highest BCUT2D eigenvalue weighted by atomic mass is 16.7. The summed E-state index contributed by atoms with van der Waals surface area (Å²) in [6.07, 6.45) is 3.06. The largest absolute Gasteiger partial charge is 0.454 e. The monoisotopic (exact) mass is 410 g/mol. The maximum Gasteiger partial charge on any atom is 0.253 e. The summed E-state index contributed by atoms with van der Waals surface area (Å²) in [6, 6.07) is 5.36. The van der Waals surface area contributed by atoms with Gasteiger partial charge in [0.05, 0.1) is 11.1 Å². The molecule has 1 fully saturated rings. The molecular weight excluding hydrogens is 384 g/mol. The number of pyridine rings is 1. The first-order valence-electron chi connectivity index (χ1n) is 10.5. The lowest BCUT2D eigenvalue weighted by Gasteiger charge is -2.30. The number of benzene rings is 1. The van der Waals surface area contributed by atoms with Crippen LogP contribution in [0.5, 0.6) is 11.5 Å². The SMILES string of the molecule is CCC(C)(C)n1nnnc1[C@@H](c1cc2cc3c(cc2[nH]c1=O)OCO3)N1CCCC1. The van der Waals surface area contributed by atoms with Gasteiger partial charge in [-0.1, -0.05) is 6.92 Å². The van der Waals surface area contributed by atoms with Crippen LogP contribution in [0.4, 0.5) is 0 Å². The van der Waals surface area contributed by atoms with Crippen molar-refractivity contribution in [3.63, 3.8) is 0 Å². The van der Waals surface area contributed by atoms with Gasteiger partial charge in [-0.25, -0.2) is 4.68 Å². The second-order valence-corrected chi connectivity index (χ2v) is 8.61. The molecule has 0 aliphatic carbocycles. The van der Waals surface area contributed by atoms with Crippen molar-refractivity contribution in [1.29, 1.82) is 0 Å². The molecule has 0 unspecified atom stereocenters. The number of aromatic amines is 1. The van der Waals surface area contributed by atoms with Gasteiger partial charge in [-0.05, 0) is 68.8 Å². The zero-order valence-electron chi connectivity index (χ0n) is 17.5. The van der Waals surface area contributed by atoms with Crippen molar-refractivity contribution >= 4 is 10.9 Å². The van der Waals surface area contributed by atoms with Crippen LogP contribution in [0, 0.1) is 0 Å². The van der Waals surface area contributed by atoms with Gasteiger partial charge < -0.3 is 14.5 Å². The highest BCUT2D eigenvalue weighted by molar-refractivity contribution is 5.83. The normalized spacial score (nSPS) is 17.7. The quantitative estimate of drug-likeness (QED) is 0.690. The molecule has 2 aromatic heterocycles. The van der Waals surface area contributed by atoms with Gasteiger partial charge in [0.2, 0.25) is 6.79 Å². The first-order valence-corrected chi connectivity index (χ1v) is 10.5. The number of ether oxygens (including phenoxy) is 2. The number of nitrogens with zero attached hydrogens (tertiary/aromatic N) is 5. The topological polar surface area (TPSA) is 98.2 Å². The number of tetrazole rings is 1. The average molecular weight is 410 g/mol. The molecule has 2 aliphatic heterocycles. The predicted octanol–water partition coefficient (Wildman–Crippen LogP) is 2.57. The van der Waals surface area contributed by atoms with Gasteiger partial charge in [-0.15, -0.1) is 5.10 Å². The fraction of sp³-hybridized carbons (Fsp3) is 0.524. The molecule has 30 heavy (non-hydrogen) atoms. The first-order chi connectivity index (χ1) is 14.5. The van der Waals surface area contributed by atoms with Crippen LogP contribution in [0.2, 0.25) is 0 Å². The average Bonchev–Trinajstić information content (AvgIpc) is 3.49. The van der Waals surface area contributed by atoms with Crippen LogP contribution in [0.1, 0.15) is 57.5 Å². The lowest BCUT2D eigenvalue weighted by atomic mass is 9.99. The van der Waals surface area contributed by atoms with E-state index in [0.717, 1.165) is 43.3 Å². The molecule has 5 rings (SSSR count). The Kier molecular flexibility index (Phi) is 4.50. The Morgan fingerprint density at radius 3 is 2.63 bits per heavy atom. The molecule has 0 bridgehead atoms. The Morgan fingerprint density at radius 2 is 1.90 bits per heavy atom. The number of aromatic nitrogens is 5. The number of likely N-dealkylation sites (tertiary alicyclic amines) is 1. The summed E-state index contributed by atoms with van der Waals surface area (Å²) in [6.45, 7) is 8.34. The smallest absolute Gasteiger partial charge is 0.253 e. The minimum absolute atomic E-state index is 0.137. The highest BCUT2D eigenvalue weighted by Crippen LogP contribution is 2.37. The molecule has 2 aliphatic rings. The molecule has 158 valence electrons. The summed E-state index contributed by atoms with van der Waals surface area (Å²) >= 11 is 0. The summed E-state index contributed by atoms with van der Waals surface area (Å²) in [5.74, 6) is 2.04. The van der Waals surface area contributed by atoms with E-state index in [1.165, 1.54) is 0 Å². The minimum Gasteiger partial charge on any atom is -0.454 e. The fourth-order valence-electron chi connectivity index (χ4n) is 4.26. The third-order valence-electron chi connectivity index (χ3n) is 6.34. The van der Waals surface area contributed by atoms with Crippen molar-refractivity contribution in [2.24, 2.45) is 0 Å². The van der Waals surface area contributed by atoms with Crippen molar-refractivity contribution in [3.05, 3.63) is 39.9 Å². The summed E-state index contributed by atoms with van der Waals surface area (Å²) in [5.41, 5.74) is 0.974. The van der Waals surface area contributed by atoms with Crippen LogP contribution in [-0.2, 0) is 5.54 Å². The highest BCUT2D eigenvalue weighted by Gasteiger charge is 2.35. The number of hydrogen-bond acceptors (Lipinski definition) is 7. The number of nitrogens with one attached hydrogen (secondary N) is 1. The van der Waals surface area contributed by atoms with E-state index in [2.05, 4.69) is 46.2 Å². The molecule has 1 aromatic carbocycles. The second kappa shape index (κ2) is 7.09. The molecule has 9 nitrogen and oxygen atoms in total. The van der Waals surface area contributed by atoms with E-state index in [4.69, 9.17) is 9.47 Å². The Labute approximate surface area is 174 Å². The van der Waals surface area contributed by atoms with Crippen molar-refractivity contribution in [3.8, 4) is 11.5 Å². The standard InChI is InChI=1S/C21H26N6O3/c1-4-21(2,3)27-19(23-24-25-27)18(26-7-5-6-8-26)14-9-13-10-16-17(30-12-29-16)11-15(13)22-20(14)28/h9-11,18H,4-8,12H2,1-3H3,(H,22,28)/t18-/m1/s1. The lowest BCUT2D eigenvalue weighted by molar-refractivity contribution is 0.174. The van der Waals surface area contributed by atoms with Crippen molar-refractivity contribution in [1.82, 2.24) is 30.1 Å². The number of rotatable bonds is 5. The zero-order chi connectivity index (χ0) is 20.9. The van der Waals surface area contributed by atoms with E-state index in [9.17, 15) is 4.79 Å². The van der Waals surface area contributed by atoms with E-state index < -0.39 is 0 Å². The third kappa shape index (κ3) is 3.04. The Hall–Kier alpha value is -2.94. The Balaban J connectivity index is 1.69. The summed E-state index contributed by atoms with van der Waals surface area (Å²) in [7, 11) is 0. The number of fused-ring (bicyclic) bond motifs is 2. The van der Waals surface area contributed by atoms with E-state index in [1.807, 2.05) is 22.9 Å². The lowest BCUT2D eigenvalue weighted by Crippen LogP contribution is -2.37. The molecule has 0 spiro atoms. The summed E-state index contributed by atoms with van der Waals surface area (Å²) < 4.78 is 12.8. The molecule has 0 amide bonds. The molecule has 4 heterocycles. The Morgan fingerprint density at radius 1 is 1.17 bits per heavy atom. The zero-order valence-corrected chi connectivity index (χ0v) is 17.5. The minimum atomic E-state index is -0.313. The molecule has 1 atom stereocenters. The van der Waals surface area contributed by atoms with Crippen LogP contribution >= 0.6 is 0 Å². The van der Waals surface area contributed by atoms with Crippen molar-refractivity contribution in [2.45, 2.75) is 51.6 Å². The molecule has 0 saturated carbocycles. The van der Waals surface area contributed by atoms with Gasteiger partial charge in [0, 0.05) is 17.0 Å². The Bertz CT molecular complexity index is 1150. The van der Waals surface area contributed by atoms with Gasteiger partial charge >= 0.3 is 0 Å². The molecule has 1 saturated heterocycles. The number of hydrogen-bond donors (Lipinski definition) is 1. The van der Waals surface area contributed by atoms with Crippen LogP contribution in [-0.4, -0.2) is 50.0 Å². The van der Waals surface area contributed by atoms with E-state index in [-0.39, 0.29) is 23.9 Å². The van der Waals surface area contributed by atoms with Crippen LogP contribution in [0.15, 0.2) is 23.0 Å². The molecule has 1 N–H and O–H groups in total. The van der Waals surface area contributed by atoms with Crippen LogP contribution < -0.4 is 15.0 Å². The van der Waals surface area contributed by atoms with Crippen LogP contribution in [0.25, 0.3) is 10.9 Å². The van der Waals surface area contributed by atoms with Crippen molar-refractivity contribution in [2.75, 3.05) is 19.9 Å². The first kappa shape index (κ1) is 19.0. The third-order valence-corrected chi connectivity index (χ3v) is 6.34. The molecule has 0 radical (unpaired) electrons. The molecular formula is C21H26N6O3.